The molecule has 0 aliphatic rings. The smallest absolute Gasteiger partial charge is 0.327 e. The first kappa shape index (κ1) is 51.5. The molecule has 0 heterocycles. The van der Waals surface area contributed by atoms with Gasteiger partial charge in [0.2, 0.25) is 0 Å². The van der Waals surface area contributed by atoms with Crippen LogP contribution in [-0.2, 0) is 33.6 Å². The van der Waals surface area contributed by atoms with Crippen molar-refractivity contribution >= 4 is 29.8 Å². The average molecular weight is 631 g/mol. The van der Waals surface area contributed by atoms with Crippen molar-refractivity contribution in [3.8, 4) is 0 Å². The molecule has 0 aromatic heterocycles. The van der Waals surface area contributed by atoms with E-state index < -0.39 is 73.7 Å². The van der Waals surface area contributed by atoms with Crippen LogP contribution in [0.2, 0.25) is 0 Å². The topological polar surface area (TPSA) is 326 Å². The molecule has 0 bridgehead atoms. The van der Waals surface area contributed by atoms with Crippen LogP contribution >= 0.6 is 0 Å². The Labute approximate surface area is 247 Å². The van der Waals surface area contributed by atoms with Gasteiger partial charge in [-0.15, -0.1) is 0 Å². The molecular weight excluding hydrogens is 588 g/mol. The second-order valence-corrected chi connectivity index (χ2v) is 7.27. The third-order valence-corrected chi connectivity index (χ3v) is 3.74. The highest BCUT2D eigenvalue weighted by atomic mass is 17.1. The van der Waals surface area contributed by atoms with E-state index in [1.165, 1.54) is 0 Å². The van der Waals surface area contributed by atoms with E-state index in [2.05, 4.69) is 37.8 Å². The maximum Gasteiger partial charge on any atom is 0.327 e. The summed E-state index contributed by atoms with van der Waals surface area (Å²) < 4.78 is 5.18. The summed E-state index contributed by atoms with van der Waals surface area (Å²) >= 11 is 0. The molecular formula is C25H42O18. The van der Waals surface area contributed by atoms with Gasteiger partial charge in [0, 0.05) is 30.4 Å². The van der Waals surface area contributed by atoms with Gasteiger partial charge < -0.3 is 55.8 Å². The molecule has 0 spiro atoms. The molecule has 0 saturated heterocycles. The van der Waals surface area contributed by atoms with Crippen molar-refractivity contribution in [1.29, 1.82) is 0 Å². The lowest BCUT2D eigenvalue weighted by Crippen LogP contribution is -2.43. The van der Waals surface area contributed by atoms with Crippen molar-refractivity contribution in [1.82, 2.24) is 0 Å². The largest absolute Gasteiger partial charge is 0.478 e. The maximum absolute atomic E-state index is 9.25. The zero-order valence-electron chi connectivity index (χ0n) is 23.4. The van der Waals surface area contributed by atoms with Crippen molar-refractivity contribution in [3.63, 3.8) is 0 Å². The number of aliphatic carboxylic acids is 5. The SMILES string of the molecule is C=CC(=O)O.C=CC(=O)O.C=CC(=O)O.C=CC(=O)O.C=CC(=O)O.OCC(CO)(CO)COCC(CO)(CO)COO. The van der Waals surface area contributed by atoms with Gasteiger partial charge in [-0.2, -0.15) is 0 Å². The third-order valence-electron chi connectivity index (χ3n) is 3.74. The molecule has 18 heteroatoms. The van der Waals surface area contributed by atoms with E-state index in [1.54, 1.807) is 0 Å². The van der Waals surface area contributed by atoms with Gasteiger partial charge in [0.15, 0.2) is 0 Å². The van der Waals surface area contributed by atoms with Crippen molar-refractivity contribution in [2.75, 3.05) is 52.9 Å². The van der Waals surface area contributed by atoms with E-state index >= 15 is 0 Å². The number of aliphatic hydroxyl groups excluding tert-OH is 5. The van der Waals surface area contributed by atoms with Crippen LogP contribution in [0.4, 0.5) is 0 Å². The van der Waals surface area contributed by atoms with Crippen molar-refractivity contribution in [2.24, 2.45) is 10.8 Å². The molecule has 0 rings (SSSR count). The Balaban J connectivity index is -0.000000112. The fraction of sp³-hybridized carbons (Fsp3) is 0.400. The van der Waals surface area contributed by atoms with Crippen LogP contribution in [0.1, 0.15) is 0 Å². The number of aliphatic hydroxyl groups is 5. The van der Waals surface area contributed by atoms with Gasteiger partial charge in [0.25, 0.3) is 0 Å². The number of carbonyl (C=O) groups is 5. The molecule has 0 aliphatic heterocycles. The Hall–Kier alpha value is -4.27. The standard InChI is InChI=1S/C10H22O8.5C3H4O2/c11-1-9(2-12,3-13)6-17-7-10(4-14,5-15)8-18-16;5*1-2-3(4)5/h11-16H,1-8H2;5*2H,1H2,(H,4,5). The van der Waals surface area contributed by atoms with Gasteiger partial charge >= 0.3 is 29.8 Å². The molecule has 0 aromatic carbocycles. The lowest BCUT2D eigenvalue weighted by molar-refractivity contribution is -0.274. The number of hydrogen-bond donors (Lipinski definition) is 11. The summed E-state index contributed by atoms with van der Waals surface area (Å²) in [5.74, 6) is -4.91. The zero-order valence-corrected chi connectivity index (χ0v) is 23.4. The first-order chi connectivity index (χ1) is 19.9. The van der Waals surface area contributed by atoms with E-state index in [4.69, 9.17) is 61.1 Å². The molecule has 0 amide bonds. The number of hydrogen-bond acceptors (Lipinski definition) is 13. The molecule has 43 heavy (non-hydrogen) atoms. The molecule has 0 saturated carbocycles. The number of rotatable bonds is 16. The third kappa shape index (κ3) is 45.0. The Morgan fingerprint density at radius 1 is 0.465 bits per heavy atom. The maximum atomic E-state index is 9.25. The van der Waals surface area contributed by atoms with Gasteiger partial charge in [0.05, 0.1) is 63.7 Å². The first-order valence-electron chi connectivity index (χ1n) is 11.1. The molecule has 0 radical (unpaired) electrons. The lowest BCUT2D eigenvalue weighted by Gasteiger charge is -2.31. The minimum atomic E-state index is -1.18. The van der Waals surface area contributed by atoms with Crippen LogP contribution in [0.3, 0.4) is 0 Å². The monoisotopic (exact) mass is 630 g/mol. The number of carboxylic acid groups (broad SMARTS) is 5. The fourth-order valence-corrected chi connectivity index (χ4v) is 1.18. The van der Waals surface area contributed by atoms with E-state index in [9.17, 15) is 24.0 Å². The molecule has 250 valence electrons. The summed E-state index contributed by atoms with van der Waals surface area (Å²) in [5.41, 5.74) is -2.36. The predicted octanol–water partition coefficient (Wildman–Crippen LogP) is -1.29. The van der Waals surface area contributed by atoms with Gasteiger partial charge in [-0.1, -0.05) is 32.9 Å². The number of carboxylic acids is 5. The van der Waals surface area contributed by atoms with Crippen LogP contribution < -0.4 is 0 Å². The Bertz CT molecular complexity index is 700. The lowest BCUT2D eigenvalue weighted by atomic mass is 9.91. The highest BCUT2D eigenvalue weighted by Crippen LogP contribution is 2.20. The normalized spacial score (nSPS) is 9.16. The van der Waals surface area contributed by atoms with Crippen molar-refractivity contribution in [2.45, 2.75) is 0 Å². The average Bonchev–Trinajstić information content (AvgIpc) is 3.00. The Morgan fingerprint density at radius 3 is 0.791 bits per heavy atom. The Morgan fingerprint density at radius 2 is 0.651 bits per heavy atom. The molecule has 18 nitrogen and oxygen atoms in total. The summed E-state index contributed by atoms with van der Waals surface area (Å²) in [7, 11) is 0. The Kier molecular flexibility index (Phi) is 42.8. The molecule has 0 unspecified atom stereocenters. The summed E-state index contributed by atoms with van der Waals surface area (Å²) in [6.07, 6.45) is 4.17. The second-order valence-electron chi connectivity index (χ2n) is 7.27. The van der Waals surface area contributed by atoms with Gasteiger partial charge in [0.1, 0.15) is 0 Å². The minimum absolute atomic E-state index is 0.163. The molecule has 0 aromatic rings. The highest BCUT2D eigenvalue weighted by Gasteiger charge is 2.33. The van der Waals surface area contributed by atoms with Crippen LogP contribution in [-0.4, -0.2) is 139 Å². The second kappa shape index (κ2) is 35.8. The van der Waals surface area contributed by atoms with Gasteiger partial charge in [-0.05, 0) is 0 Å². The summed E-state index contributed by atoms with van der Waals surface area (Å²) in [6, 6.07) is 0. The van der Waals surface area contributed by atoms with Crippen LogP contribution in [0.25, 0.3) is 0 Å². The van der Waals surface area contributed by atoms with Crippen LogP contribution in [0.5, 0.6) is 0 Å². The van der Waals surface area contributed by atoms with E-state index in [0.717, 1.165) is 30.4 Å². The summed E-state index contributed by atoms with van der Waals surface area (Å²) in [6.45, 7) is 11.8. The first-order valence-corrected chi connectivity index (χ1v) is 11.1. The van der Waals surface area contributed by atoms with E-state index in [1.807, 2.05) is 0 Å². The predicted molar refractivity (Wildman–Crippen MR) is 149 cm³/mol. The van der Waals surface area contributed by atoms with Crippen molar-refractivity contribution in [3.05, 3.63) is 63.3 Å². The van der Waals surface area contributed by atoms with Crippen LogP contribution in [0, 0.1) is 10.8 Å². The fourth-order valence-electron chi connectivity index (χ4n) is 1.18. The summed E-state index contributed by atoms with van der Waals surface area (Å²) in [5, 5.41) is 91.8. The van der Waals surface area contributed by atoms with Crippen molar-refractivity contribution < 1.29 is 89.9 Å². The molecule has 11 N–H and O–H groups in total. The quantitative estimate of drug-likeness (QED) is 0.0536. The number of ether oxygens (including phenoxy) is 1. The zero-order chi connectivity index (χ0) is 35.5. The molecule has 0 atom stereocenters. The van der Waals surface area contributed by atoms with Gasteiger partial charge in [-0.3, -0.25) is 5.26 Å². The van der Waals surface area contributed by atoms with Gasteiger partial charge in [-0.25, -0.2) is 28.9 Å². The van der Waals surface area contributed by atoms with Crippen LogP contribution in [0.15, 0.2) is 63.3 Å². The highest BCUT2D eigenvalue weighted by molar-refractivity contribution is 5.80. The molecule has 0 fully saturated rings. The summed E-state index contributed by atoms with van der Waals surface area (Å²) in [4.78, 5) is 50.2. The van der Waals surface area contributed by atoms with E-state index in [0.29, 0.717) is 0 Å². The minimum Gasteiger partial charge on any atom is -0.478 e. The van der Waals surface area contributed by atoms with E-state index in [-0.39, 0.29) is 19.8 Å². The molecule has 0 aliphatic carbocycles.